The minimum absolute atomic E-state index is 0.257. The van der Waals surface area contributed by atoms with Gasteiger partial charge in [-0.05, 0) is 68.0 Å². The molecule has 1 aromatic carbocycles. The molecule has 31 heavy (non-hydrogen) atoms. The van der Waals surface area contributed by atoms with E-state index in [1.54, 1.807) is 0 Å². The average Bonchev–Trinajstić information content (AvgIpc) is 3.25. The number of aromatic nitrogens is 1. The summed E-state index contributed by atoms with van der Waals surface area (Å²) >= 11 is 5.33. The maximum atomic E-state index is 5.76. The van der Waals surface area contributed by atoms with Crippen LogP contribution in [0.2, 0.25) is 0 Å². The number of pyridine rings is 1. The van der Waals surface area contributed by atoms with Crippen molar-refractivity contribution in [3.05, 3.63) is 54.2 Å². The molecule has 0 atom stereocenters. The monoisotopic (exact) mass is 440 g/mol. The van der Waals surface area contributed by atoms with E-state index in [0.29, 0.717) is 24.1 Å². The summed E-state index contributed by atoms with van der Waals surface area (Å²) in [5.74, 6) is 2.13. The predicted molar refractivity (Wildman–Crippen MR) is 125 cm³/mol. The van der Waals surface area contributed by atoms with Crippen molar-refractivity contribution < 1.29 is 14.2 Å². The van der Waals surface area contributed by atoms with Gasteiger partial charge in [0.15, 0.2) is 16.6 Å². The molecule has 0 radical (unpaired) electrons. The molecule has 2 aliphatic rings. The second-order valence-electron chi connectivity index (χ2n) is 7.52. The van der Waals surface area contributed by atoms with Crippen LogP contribution in [0.1, 0.15) is 24.8 Å². The van der Waals surface area contributed by atoms with E-state index in [0.717, 1.165) is 23.7 Å². The van der Waals surface area contributed by atoms with Gasteiger partial charge in [-0.1, -0.05) is 12.5 Å². The third-order valence-electron chi connectivity index (χ3n) is 5.16. The van der Waals surface area contributed by atoms with Crippen molar-refractivity contribution in [1.82, 2.24) is 15.2 Å². The number of nitrogens with one attached hydrogen (secondary N) is 2. The molecular weight excluding hydrogens is 412 g/mol. The van der Waals surface area contributed by atoms with E-state index >= 15 is 0 Å². The molecule has 164 valence electrons. The Hall–Kier alpha value is -2.84. The second kappa shape index (κ2) is 11.0. The molecule has 2 aromatic rings. The van der Waals surface area contributed by atoms with E-state index < -0.39 is 0 Å². The minimum atomic E-state index is 0.257. The molecule has 1 aromatic heterocycles. The van der Waals surface area contributed by atoms with Crippen molar-refractivity contribution in [2.45, 2.75) is 25.8 Å². The fraction of sp³-hybridized carbons (Fsp3) is 0.391. The topological polar surface area (TPSA) is 67.9 Å². The summed E-state index contributed by atoms with van der Waals surface area (Å²) in [5, 5.41) is 6.81. The van der Waals surface area contributed by atoms with E-state index in [9.17, 15) is 0 Å². The molecule has 0 aliphatic carbocycles. The van der Waals surface area contributed by atoms with Gasteiger partial charge in [0, 0.05) is 37.1 Å². The quantitative estimate of drug-likeness (QED) is 0.476. The summed E-state index contributed by atoms with van der Waals surface area (Å²) in [4.78, 5) is 6.80. The molecule has 8 heteroatoms. The second-order valence-corrected chi connectivity index (χ2v) is 7.93. The largest absolute Gasteiger partial charge is 0.473 e. The first-order valence-corrected chi connectivity index (χ1v) is 11.1. The molecule has 2 aliphatic heterocycles. The van der Waals surface area contributed by atoms with Crippen LogP contribution in [-0.4, -0.2) is 48.0 Å². The van der Waals surface area contributed by atoms with E-state index in [2.05, 4.69) is 26.6 Å². The Morgan fingerprint density at radius 2 is 1.97 bits per heavy atom. The molecule has 0 bridgehead atoms. The third-order valence-corrected chi connectivity index (χ3v) is 5.41. The van der Waals surface area contributed by atoms with Gasteiger partial charge in [0.25, 0.3) is 0 Å². The van der Waals surface area contributed by atoms with Gasteiger partial charge in [-0.3, -0.25) is 4.90 Å². The first-order chi connectivity index (χ1) is 15.3. The molecule has 1 fully saturated rings. The number of hydrogen-bond acceptors (Lipinski definition) is 6. The van der Waals surface area contributed by atoms with Crippen molar-refractivity contribution in [2.75, 3.05) is 38.4 Å². The molecular formula is C23H28N4O3S. The van der Waals surface area contributed by atoms with Crippen LogP contribution < -0.4 is 24.8 Å². The summed E-state index contributed by atoms with van der Waals surface area (Å²) in [6, 6.07) is 9.73. The van der Waals surface area contributed by atoms with Crippen LogP contribution in [0.5, 0.6) is 17.4 Å². The number of ether oxygens (including phenoxy) is 3. The number of fused-ring (bicyclic) bond motifs is 1. The van der Waals surface area contributed by atoms with Gasteiger partial charge in [-0.15, -0.1) is 0 Å². The van der Waals surface area contributed by atoms with Gasteiger partial charge in [-0.25, -0.2) is 4.98 Å². The maximum absolute atomic E-state index is 5.76. The molecule has 1 saturated heterocycles. The van der Waals surface area contributed by atoms with Crippen LogP contribution in [0.25, 0.3) is 0 Å². The maximum Gasteiger partial charge on any atom is 0.231 e. The number of piperidine rings is 1. The van der Waals surface area contributed by atoms with E-state index in [4.69, 9.17) is 26.4 Å². The highest BCUT2D eigenvalue weighted by atomic mass is 32.1. The Morgan fingerprint density at radius 3 is 2.87 bits per heavy atom. The van der Waals surface area contributed by atoms with Crippen LogP contribution >= 0.6 is 12.2 Å². The normalized spacial score (nSPS) is 15.7. The SMILES string of the molecule is S=C(NC/C=C\COc1cc(CN2CCCCC2)ccn1)Nc1ccc2c(c1)OCO2. The fourth-order valence-electron chi connectivity index (χ4n) is 3.59. The van der Waals surface area contributed by atoms with Crippen LogP contribution in [-0.2, 0) is 6.54 Å². The summed E-state index contributed by atoms with van der Waals surface area (Å²) < 4.78 is 16.4. The number of benzene rings is 1. The van der Waals surface area contributed by atoms with E-state index in [1.807, 2.05) is 42.6 Å². The van der Waals surface area contributed by atoms with E-state index in [-0.39, 0.29) is 6.79 Å². The molecule has 4 rings (SSSR count). The number of thiocarbonyl (C=S) groups is 1. The van der Waals surface area contributed by atoms with Crippen molar-refractivity contribution in [3.63, 3.8) is 0 Å². The van der Waals surface area contributed by atoms with Crippen LogP contribution in [0.3, 0.4) is 0 Å². The predicted octanol–water partition coefficient (Wildman–Crippen LogP) is 3.72. The standard InChI is InChI=1S/C23H28N4O3S/c31-23(26-19-6-7-20-21(15-19)30-17-29-20)25-9-2-5-13-28-22-14-18(8-10-24-22)16-27-11-3-1-4-12-27/h2,5-8,10,14-15H,1,3-4,9,11-13,16-17H2,(H2,25,26,31)/b5-2-. The van der Waals surface area contributed by atoms with Crippen LogP contribution in [0.15, 0.2) is 48.7 Å². The molecule has 2 N–H and O–H groups in total. The van der Waals surface area contributed by atoms with E-state index in [1.165, 1.54) is 37.9 Å². The number of anilines is 1. The van der Waals surface area contributed by atoms with Gasteiger partial charge in [0.2, 0.25) is 12.7 Å². The number of nitrogens with zero attached hydrogens (tertiary/aromatic N) is 2. The van der Waals surface area contributed by atoms with Crippen LogP contribution in [0, 0.1) is 0 Å². The Labute approximate surface area is 188 Å². The lowest BCUT2D eigenvalue weighted by atomic mass is 10.1. The molecule has 3 heterocycles. The Bertz CT molecular complexity index is 915. The summed E-state index contributed by atoms with van der Waals surface area (Å²) in [5.41, 5.74) is 2.10. The fourth-order valence-corrected chi connectivity index (χ4v) is 3.79. The number of hydrogen-bond donors (Lipinski definition) is 2. The number of rotatable bonds is 8. The Kier molecular flexibility index (Phi) is 7.57. The lowest BCUT2D eigenvalue weighted by molar-refractivity contribution is 0.174. The minimum Gasteiger partial charge on any atom is -0.473 e. The summed E-state index contributed by atoms with van der Waals surface area (Å²) in [7, 11) is 0. The smallest absolute Gasteiger partial charge is 0.231 e. The molecule has 0 spiro atoms. The van der Waals surface area contributed by atoms with Crippen molar-refractivity contribution >= 4 is 23.0 Å². The average molecular weight is 441 g/mol. The lowest BCUT2D eigenvalue weighted by Crippen LogP contribution is -2.29. The molecule has 0 saturated carbocycles. The lowest BCUT2D eigenvalue weighted by Gasteiger charge is -2.26. The molecule has 7 nitrogen and oxygen atoms in total. The summed E-state index contributed by atoms with van der Waals surface area (Å²) in [6.07, 6.45) is 9.69. The van der Waals surface area contributed by atoms with Crippen LogP contribution in [0.4, 0.5) is 5.69 Å². The molecule has 0 unspecified atom stereocenters. The number of likely N-dealkylation sites (tertiary alicyclic amines) is 1. The summed E-state index contributed by atoms with van der Waals surface area (Å²) in [6.45, 7) is 4.64. The third kappa shape index (κ3) is 6.57. The highest BCUT2D eigenvalue weighted by Gasteiger charge is 2.13. The van der Waals surface area contributed by atoms with Gasteiger partial charge in [0.05, 0.1) is 0 Å². The zero-order valence-electron chi connectivity index (χ0n) is 17.5. The Balaban J connectivity index is 1.14. The van der Waals surface area contributed by atoms with Gasteiger partial charge in [-0.2, -0.15) is 0 Å². The first kappa shape index (κ1) is 21.4. The highest BCUT2D eigenvalue weighted by Crippen LogP contribution is 2.34. The molecule has 0 amide bonds. The van der Waals surface area contributed by atoms with Gasteiger partial charge < -0.3 is 24.8 Å². The van der Waals surface area contributed by atoms with Gasteiger partial charge >= 0.3 is 0 Å². The Morgan fingerprint density at radius 1 is 1.10 bits per heavy atom. The van der Waals surface area contributed by atoms with Gasteiger partial charge in [0.1, 0.15) is 6.61 Å². The zero-order valence-corrected chi connectivity index (χ0v) is 18.3. The first-order valence-electron chi connectivity index (χ1n) is 10.7. The highest BCUT2D eigenvalue weighted by molar-refractivity contribution is 7.80. The van der Waals surface area contributed by atoms with Crippen molar-refractivity contribution in [2.24, 2.45) is 0 Å². The zero-order chi connectivity index (χ0) is 21.3. The van der Waals surface area contributed by atoms with Crippen molar-refractivity contribution in [1.29, 1.82) is 0 Å². The van der Waals surface area contributed by atoms with Crippen molar-refractivity contribution in [3.8, 4) is 17.4 Å².